The highest BCUT2D eigenvalue weighted by molar-refractivity contribution is 6.06. The van der Waals surface area contributed by atoms with Gasteiger partial charge in [-0.1, -0.05) is 32.9 Å². The summed E-state index contributed by atoms with van der Waals surface area (Å²) in [6.45, 7) is 7.02. The van der Waals surface area contributed by atoms with Crippen LogP contribution in [-0.4, -0.2) is 49.6 Å². The van der Waals surface area contributed by atoms with Crippen molar-refractivity contribution in [3.8, 4) is 0 Å². The molecular weight excluding hydrogens is 356 g/mol. The van der Waals surface area contributed by atoms with Gasteiger partial charge in [0, 0.05) is 18.5 Å². The van der Waals surface area contributed by atoms with E-state index in [1.807, 2.05) is 12.1 Å². The predicted octanol–water partition coefficient (Wildman–Crippen LogP) is 1.64. The zero-order valence-corrected chi connectivity index (χ0v) is 16.3. The Kier molecular flexibility index (Phi) is 3.63. The molecule has 2 amide bonds. The summed E-state index contributed by atoms with van der Waals surface area (Å²) in [5, 5.41) is 16.2. The van der Waals surface area contributed by atoms with Crippen molar-refractivity contribution < 1.29 is 9.59 Å². The normalized spacial score (nSPS) is 28.6. The molecule has 8 heteroatoms. The fourth-order valence-electron chi connectivity index (χ4n) is 4.83. The number of rotatable bonds is 4. The molecule has 3 aliphatic rings. The number of allylic oxidation sites excluding steroid dienone is 2. The number of carbonyl (C=O) groups is 2. The number of likely N-dealkylation sites (tertiary alicyclic amines) is 1. The first-order valence-electron chi connectivity index (χ1n) is 9.85. The number of fused-ring (bicyclic) bond motifs is 6. The third-order valence-corrected chi connectivity index (χ3v) is 6.14. The Bertz CT molecular complexity index is 974. The summed E-state index contributed by atoms with van der Waals surface area (Å²) >= 11 is 0. The van der Waals surface area contributed by atoms with Gasteiger partial charge >= 0.3 is 0 Å². The van der Waals surface area contributed by atoms with Crippen LogP contribution < -0.4 is 5.32 Å². The molecule has 1 N–H and O–H groups in total. The predicted molar refractivity (Wildman–Crippen MR) is 102 cm³/mol. The van der Waals surface area contributed by atoms with E-state index in [1.165, 1.54) is 4.90 Å². The van der Waals surface area contributed by atoms with Gasteiger partial charge < -0.3 is 5.32 Å². The van der Waals surface area contributed by atoms with Gasteiger partial charge in [-0.05, 0) is 30.4 Å². The fourth-order valence-corrected chi connectivity index (χ4v) is 4.83. The van der Waals surface area contributed by atoms with Gasteiger partial charge in [0.2, 0.25) is 11.8 Å². The summed E-state index contributed by atoms with van der Waals surface area (Å²) in [5.74, 6) is 1.66. The molecule has 3 heterocycles. The molecule has 0 spiro atoms. The molecule has 4 atom stereocenters. The third kappa shape index (κ3) is 2.47. The maximum atomic E-state index is 12.7. The SMILES string of the molecule is CC(C)(C)c1nnc2ccc(NCCN3C(=O)C4C5C=CC(C5)C4C3=O)nn12. The topological polar surface area (TPSA) is 92.5 Å². The minimum absolute atomic E-state index is 0.00844. The molecule has 2 bridgehead atoms. The second kappa shape index (κ2) is 5.86. The standard InChI is InChI=1S/C20H24N6O2/c1-20(2,3)19-23-22-14-7-6-13(24-26(14)19)21-8-9-25-17(27)15-11-4-5-12(10-11)16(15)18(25)28/h4-7,11-12,15-16H,8-10H2,1-3H3,(H,21,24). The molecule has 0 aromatic carbocycles. The van der Waals surface area contributed by atoms with E-state index in [0.29, 0.717) is 24.6 Å². The second-order valence-electron chi connectivity index (χ2n) is 9.02. The molecule has 1 saturated carbocycles. The second-order valence-corrected chi connectivity index (χ2v) is 9.02. The van der Waals surface area contributed by atoms with Crippen LogP contribution in [0.5, 0.6) is 0 Å². The van der Waals surface area contributed by atoms with Crippen molar-refractivity contribution in [1.29, 1.82) is 0 Å². The molecule has 0 radical (unpaired) electrons. The smallest absolute Gasteiger partial charge is 0.233 e. The molecule has 2 fully saturated rings. The zero-order valence-electron chi connectivity index (χ0n) is 16.3. The fraction of sp³-hybridized carbons (Fsp3) is 0.550. The maximum Gasteiger partial charge on any atom is 0.233 e. The molecule has 1 saturated heterocycles. The van der Waals surface area contributed by atoms with E-state index < -0.39 is 0 Å². The van der Waals surface area contributed by atoms with Crippen molar-refractivity contribution in [2.24, 2.45) is 23.7 Å². The number of nitrogens with one attached hydrogen (secondary N) is 1. The maximum absolute atomic E-state index is 12.7. The number of carbonyl (C=O) groups excluding carboxylic acids is 2. The Morgan fingerprint density at radius 2 is 1.75 bits per heavy atom. The van der Waals surface area contributed by atoms with Crippen LogP contribution in [0.15, 0.2) is 24.3 Å². The van der Waals surface area contributed by atoms with Crippen LogP contribution in [0.3, 0.4) is 0 Å². The van der Waals surface area contributed by atoms with Crippen LogP contribution in [0.25, 0.3) is 5.65 Å². The molecule has 2 aromatic heterocycles. The van der Waals surface area contributed by atoms with Gasteiger partial charge in [0.25, 0.3) is 0 Å². The van der Waals surface area contributed by atoms with Gasteiger partial charge in [-0.2, -0.15) is 4.52 Å². The minimum atomic E-state index is -0.176. The Hall–Kier alpha value is -2.77. The number of hydrogen-bond donors (Lipinski definition) is 1. The van der Waals surface area contributed by atoms with E-state index in [9.17, 15) is 9.59 Å². The molecule has 2 aromatic rings. The van der Waals surface area contributed by atoms with E-state index in [4.69, 9.17) is 0 Å². The van der Waals surface area contributed by atoms with E-state index in [-0.39, 0.29) is 40.9 Å². The van der Waals surface area contributed by atoms with Gasteiger partial charge in [0.1, 0.15) is 5.82 Å². The van der Waals surface area contributed by atoms with Crippen molar-refractivity contribution >= 4 is 23.3 Å². The van der Waals surface area contributed by atoms with Crippen LogP contribution >= 0.6 is 0 Å². The number of amides is 2. The van der Waals surface area contributed by atoms with Crippen molar-refractivity contribution in [3.05, 3.63) is 30.1 Å². The Morgan fingerprint density at radius 3 is 2.39 bits per heavy atom. The number of anilines is 1. The summed E-state index contributed by atoms with van der Waals surface area (Å²) in [6, 6.07) is 3.69. The number of hydrogen-bond acceptors (Lipinski definition) is 6. The monoisotopic (exact) mass is 380 g/mol. The molecule has 146 valence electrons. The zero-order chi connectivity index (χ0) is 19.6. The first-order valence-corrected chi connectivity index (χ1v) is 9.85. The lowest BCUT2D eigenvalue weighted by Crippen LogP contribution is -2.36. The lowest BCUT2D eigenvalue weighted by molar-refractivity contribution is -0.140. The molecule has 1 aliphatic heterocycles. The van der Waals surface area contributed by atoms with Gasteiger partial charge in [0.15, 0.2) is 11.5 Å². The van der Waals surface area contributed by atoms with Crippen molar-refractivity contribution in [1.82, 2.24) is 24.7 Å². The van der Waals surface area contributed by atoms with Crippen molar-refractivity contribution in [2.75, 3.05) is 18.4 Å². The van der Waals surface area contributed by atoms with Gasteiger partial charge in [0.05, 0.1) is 11.8 Å². The summed E-state index contributed by atoms with van der Waals surface area (Å²) in [6.07, 6.45) is 5.19. The van der Waals surface area contributed by atoms with E-state index in [2.05, 4.69) is 53.5 Å². The van der Waals surface area contributed by atoms with Gasteiger partial charge in [-0.15, -0.1) is 15.3 Å². The van der Waals surface area contributed by atoms with Crippen molar-refractivity contribution in [2.45, 2.75) is 32.6 Å². The largest absolute Gasteiger partial charge is 0.367 e. The van der Waals surface area contributed by atoms with E-state index in [1.54, 1.807) is 4.52 Å². The average Bonchev–Trinajstić information content (AvgIpc) is 3.39. The quantitative estimate of drug-likeness (QED) is 0.640. The third-order valence-electron chi connectivity index (χ3n) is 6.14. The lowest BCUT2D eigenvalue weighted by atomic mass is 9.85. The van der Waals surface area contributed by atoms with Crippen LogP contribution in [0.2, 0.25) is 0 Å². The van der Waals surface area contributed by atoms with Crippen molar-refractivity contribution in [3.63, 3.8) is 0 Å². The Balaban J connectivity index is 1.28. The lowest BCUT2D eigenvalue weighted by Gasteiger charge is -2.18. The first kappa shape index (κ1) is 17.3. The minimum Gasteiger partial charge on any atom is -0.367 e. The Morgan fingerprint density at radius 1 is 1.07 bits per heavy atom. The van der Waals surface area contributed by atoms with Gasteiger partial charge in [-0.3, -0.25) is 14.5 Å². The first-order chi connectivity index (χ1) is 13.3. The molecule has 5 rings (SSSR count). The van der Waals surface area contributed by atoms with Crippen LogP contribution in [0.1, 0.15) is 33.0 Å². The number of aromatic nitrogens is 4. The van der Waals surface area contributed by atoms with E-state index >= 15 is 0 Å². The average molecular weight is 380 g/mol. The molecule has 8 nitrogen and oxygen atoms in total. The summed E-state index contributed by atoms with van der Waals surface area (Å²) in [7, 11) is 0. The molecule has 4 unspecified atom stereocenters. The Labute approximate surface area is 163 Å². The van der Waals surface area contributed by atoms with Crippen LogP contribution in [0, 0.1) is 23.7 Å². The molecule has 28 heavy (non-hydrogen) atoms. The van der Waals surface area contributed by atoms with E-state index in [0.717, 1.165) is 12.2 Å². The van der Waals surface area contributed by atoms with Crippen LogP contribution in [0.4, 0.5) is 5.82 Å². The van der Waals surface area contributed by atoms with Crippen LogP contribution in [-0.2, 0) is 15.0 Å². The summed E-state index contributed by atoms with van der Waals surface area (Å²) in [4.78, 5) is 26.9. The highest BCUT2D eigenvalue weighted by Crippen LogP contribution is 2.52. The highest BCUT2D eigenvalue weighted by Gasteiger charge is 2.58. The summed E-state index contributed by atoms with van der Waals surface area (Å²) in [5.41, 5.74) is 0.515. The molecule has 2 aliphatic carbocycles. The summed E-state index contributed by atoms with van der Waals surface area (Å²) < 4.78 is 1.74. The highest BCUT2D eigenvalue weighted by atomic mass is 16.2. The van der Waals surface area contributed by atoms with Gasteiger partial charge in [-0.25, -0.2) is 0 Å². The number of nitrogens with zero attached hydrogens (tertiary/aromatic N) is 5. The molecular formula is C20H24N6O2. The number of imide groups is 1.